The Labute approximate surface area is 101 Å². The van der Waals surface area contributed by atoms with Gasteiger partial charge in [0.1, 0.15) is 0 Å². The number of thiophene rings is 1. The lowest BCUT2D eigenvalue weighted by Crippen LogP contribution is -1.83. The van der Waals surface area contributed by atoms with Crippen LogP contribution in [0.4, 0.5) is 5.00 Å². The highest BCUT2D eigenvalue weighted by Gasteiger charge is 2.16. The smallest absolute Gasteiger partial charge is 0.261 e. The molecule has 5 nitrogen and oxygen atoms in total. The molecule has 0 atom stereocenters. The molecule has 0 amide bonds. The summed E-state index contributed by atoms with van der Waals surface area (Å²) in [6.07, 6.45) is 1.56. The van der Waals surface area contributed by atoms with Gasteiger partial charge in [0.25, 0.3) is 5.89 Å². The Morgan fingerprint density at radius 3 is 2.94 bits per heavy atom. The Kier molecular flexibility index (Phi) is 2.22. The van der Waals surface area contributed by atoms with Gasteiger partial charge in [-0.1, -0.05) is 5.16 Å². The average Bonchev–Trinajstić information content (AvgIpc) is 2.97. The molecule has 3 aromatic rings. The third kappa shape index (κ3) is 1.72. The van der Waals surface area contributed by atoms with Crippen molar-refractivity contribution in [2.24, 2.45) is 0 Å². The number of hydrogen-bond acceptors (Lipinski definition) is 6. The third-order valence-corrected chi connectivity index (χ3v) is 3.16. The Morgan fingerprint density at radius 1 is 1.41 bits per heavy atom. The standard InChI is InChI=1S/C11H9N3O2S/c1-6-5-7(9(12)17-6)11-13-10(14-16-11)8-3-2-4-15-8/h2-5H,12H2,1H3. The maximum atomic E-state index is 5.87. The van der Waals surface area contributed by atoms with Gasteiger partial charge in [-0.2, -0.15) is 4.98 Å². The SMILES string of the molecule is Cc1cc(-c2nc(-c3ccco3)no2)c(N)s1. The molecule has 0 aliphatic heterocycles. The fourth-order valence-electron chi connectivity index (χ4n) is 1.54. The van der Waals surface area contributed by atoms with E-state index in [1.54, 1.807) is 18.4 Å². The molecule has 0 saturated heterocycles. The topological polar surface area (TPSA) is 78.1 Å². The van der Waals surface area contributed by atoms with Crippen LogP contribution in [0.15, 0.2) is 33.4 Å². The Morgan fingerprint density at radius 2 is 2.29 bits per heavy atom. The van der Waals surface area contributed by atoms with E-state index in [0.29, 0.717) is 22.5 Å². The Bertz CT molecular complexity index is 640. The van der Waals surface area contributed by atoms with Crippen molar-refractivity contribution in [1.29, 1.82) is 0 Å². The molecule has 0 radical (unpaired) electrons. The summed E-state index contributed by atoms with van der Waals surface area (Å²) in [7, 11) is 0. The molecule has 3 heterocycles. The first-order chi connectivity index (χ1) is 8.24. The minimum atomic E-state index is 0.415. The predicted molar refractivity (Wildman–Crippen MR) is 64.5 cm³/mol. The van der Waals surface area contributed by atoms with Crippen molar-refractivity contribution < 1.29 is 8.94 Å². The van der Waals surface area contributed by atoms with Crippen LogP contribution in [0, 0.1) is 6.92 Å². The second-order valence-electron chi connectivity index (χ2n) is 3.54. The van der Waals surface area contributed by atoms with Crippen molar-refractivity contribution >= 4 is 16.3 Å². The summed E-state index contributed by atoms with van der Waals surface area (Å²) in [6, 6.07) is 5.48. The van der Waals surface area contributed by atoms with Gasteiger partial charge in [-0.15, -0.1) is 11.3 Å². The van der Waals surface area contributed by atoms with E-state index < -0.39 is 0 Å². The summed E-state index contributed by atoms with van der Waals surface area (Å²) in [4.78, 5) is 5.36. The summed E-state index contributed by atoms with van der Waals surface area (Å²) in [5.74, 6) is 1.41. The van der Waals surface area contributed by atoms with Gasteiger partial charge in [0, 0.05) is 4.88 Å². The monoisotopic (exact) mass is 247 g/mol. The van der Waals surface area contributed by atoms with Crippen molar-refractivity contribution in [3.05, 3.63) is 29.3 Å². The van der Waals surface area contributed by atoms with E-state index in [0.717, 1.165) is 10.4 Å². The van der Waals surface area contributed by atoms with Crippen LogP contribution in [0.5, 0.6) is 0 Å². The zero-order valence-corrected chi connectivity index (χ0v) is 9.82. The largest absolute Gasteiger partial charge is 0.461 e. The number of nitrogens with two attached hydrogens (primary N) is 1. The third-order valence-electron chi connectivity index (χ3n) is 2.28. The molecule has 0 spiro atoms. The summed E-state index contributed by atoms with van der Waals surface area (Å²) in [5.41, 5.74) is 6.64. The number of aromatic nitrogens is 2. The quantitative estimate of drug-likeness (QED) is 0.753. The van der Waals surface area contributed by atoms with Gasteiger partial charge >= 0.3 is 0 Å². The van der Waals surface area contributed by atoms with Gasteiger partial charge in [-0.3, -0.25) is 0 Å². The maximum absolute atomic E-state index is 5.87. The first-order valence-corrected chi connectivity index (χ1v) is 5.79. The van der Waals surface area contributed by atoms with E-state index in [4.69, 9.17) is 14.7 Å². The van der Waals surface area contributed by atoms with E-state index in [2.05, 4.69) is 10.1 Å². The zero-order chi connectivity index (χ0) is 11.8. The van der Waals surface area contributed by atoms with Crippen molar-refractivity contribution in [1.82, 2.24) is 10.1 Å². The summed E-state index contributed by atoms with van der Waals surface area (Å²) >= 11 is 1.50. The van der Waals surface area contributed by atoms with Gasteiger partial charge in [0.2, 0.25) is 5.82 Å². The lowest BCUT2D eigenvalue weighted by Gasteiger charge is -1.88. The van der Waals surface area contributed by atoms with Crippen LogP contribution >= 0.6 is 11.3 Å². The van der Waals surface area contributed by atoms with E-state index >= 15 is 0 Å². The van der Waals surface area contributed by atoms with Crippen molar-refractivity contribution in [3.63, 3.8) is 0 Å². The van der Waals surface area contributed by atoms with Crippen LogP contribution in [0.3, 0.4) is 0 Å². The summed E-state index contributed by atoms with van der Waals surface area (Å²) < 4.78 is 10.4. The minimum Gasteiger partial charge on any atom is -0.461 e. The Hall–Kier alpha value is -2.08. The fourth-order valence-corrected chi connectivity index (χ4v) is 2.32. The number of rotatable bonds is 2. The normalized spacial score (nSPS) is 10.9. The Balaban J connectivity index is 2.03. The number of nitrogen functional groups attached to an aromatic ring is 1. The van der Waals surface area contributed by atoms with E-state index in [-0.39, 0.29) is 0 Å². The molecule has 0 unspecified atom stereocenters. The predicted octanol–water partition coefficient (Wildman–Crippen LogP) is 2.95. The molecular weight excluding hydrogens is 238 g/mol. The van der Waals surface area contributed by atoms with Crippen molar-refractivity contribution in [3.8, 4) is 23.0 Å². The molecule has 0 aliphatic carbocycles. The molecule has 3 rings (SSSR count). The van der Waals surface area contributed by atoms with Crippen molar-refractivity contribution in [2.45, 2.75) is 6.92 Å². The van der Waals surface area contributed by atoms with Crippen LogP contribution in [0.2, 0.25) is 0 Å². The molecule has 2 N–H and O–H groups in total. The second-order valence-corrected chi connectivity index (χ2v) is 4.82. The van der Waals surface area contributed by atoms with Gasteiger partial charge < -0.3 is 14.7 Å². The van der Waals surface area contributed by atoms with Crippen molar-refractivity contribution in [2.75, 3.05) is 5.73 Å². The molecule has 0 fully saturated rings. The van der Waals surface area contributed by atoms with E-state index in [9.17, 15) is 0 Å². The molecule has 0 aromatic carbocycles. The number of furan rings is 1. The summed E-state index contributed by atoms with van der Waals surface area (Å²) in [6.45, 7) is 1.98. The van der Waals surface area contributed by atoms with Crippen LogP contribution in [-0.4, -0.2) is 10.1 Å². The highest BCUT2D eigenvalue weighted by Crippen LogP contribution is 2.33. The number of hydrogen-bond donors (Lipinski definition) is 1. The molecular formula is C11H9N3O2S. The van der Waals surface area contributed by atoms with Gasteiger partial charge in [-0.05, 0) is 25.1 Å². The molecule has 86 valence electrons. The average molecular weight is 247 g/mol. The zero-order valence-electron chi connectivity index (χ0n) is 9.01. The highest BCUT2D eigenvalue weighted by molar-refractivity contribution is 7.16. The highest BCUT2D eigenvalue weighted by atomic mass is 32.1. The van der Waals surface area contributed by atoms with Gasteiger partial charge in [-0.25, -0.2) is 0 Å². The van der Waals surface area contributed by atoms with Crippen LogP contribution < -0.4 is 5.73 Å². The molecule has 0 bridgehead atoms. The number of nitrogens with zero attached hydrogens (tertiary/aromatic N) is 2. The van der Waals surface area contributed by atoms with Crippen LogP contribution in [-0.2, 0) is 0 Å². The van der Waals surface area contributed by atoms with Gasteiger partial charge in [0.05, 0.1) is 16.8 Å². The second kappa shape index (κ2) is 3.74. The van der Waals surface area contributed by atoms with Gasteiger partial charge in [0.15, 0.2) is 5.76 Å². The molecule has 3 aromatic heterocycles. The van der Waals surface area contributed by atoms with E-state index in [1.807, 2.05) is 13.0 Å². The molecule has 0 aliphatic rings. The fraction of sp³-hybridized carbons (Fsp3) is 0.0909. The minimum absolute atomic E-state index is 0.415. The lowest BCUT2D eigenvalue weighted by molar-refractivity contribution is 0.430. The number of anilines is 1. The van der Waals surface area contributed by atoms with Crippen LogP contribution in [0.25, 0.3) is 23.0 Å². The summed E-state index contributed by atoms with van der Waals surface area (Å²) in [5, 5.41) is 4.53. The number of aryl methyl sites for hydroxylation is 1. The lowest BCUT2D eigenvalue weighted by atomic mass is 10.3. The van der Waals surface area contributed by atoms with E-state index in [1.165, 1.54) is 11.3 Å². The molecule has 17 heavy (non-hydrogen) atoms. The first-order valence-electron chi connectivity index (χ1n) is 4.98. The molecule has 6 heteroatoms. The maximum Gasteiger partial charge on any atom is 0.261 e. The van der Waals surface area contributed by atoms with Crippen LogP contribution in [0.1, 0.15) is 4.88 Å². The molecule has 0 saturated carbocycles. The first kappa shape index (κ1) is 10.1.